The lowest BCUT2D eigenvalue weighted by atomic mass is 9.72. The van der Waals surface area contributed by atoms with Gasteiger partial charge in [0.1, 0.15) is 12.2 Å². The predicted octanol–water partition coefficient (Wildman–Crippen LogP) is 3.14. The third-order valence-electron chi connectivity index (χ3n) is 5.64. The van der Waals surface area contributed by atoms with E-state index in [1.807, 2.05) is 0 Å². The van der Waals surface area contributed by atoms with Crippen LogP contribution < -0.4 is 0 Å². The van der Waals surface area contributed by atoms with E-state index in [0.29, 0.717) is 25.7 Å². The molecule has 0 saturated heterocycles. The molecule has 2 aliphatic rings. The number of halogens is 1. The van der Waals surface area contributed by atoms with Crippen LogP contribution in [0.2, 0.25) is 0 Å². The molecule has 2 aliphatic carbocycles. The van der Waals surface area contributed by atoms with Gasteiger partial charge in [0.2, 0.25) is 0 Å². The summed E-state index contributed by atoms with van der Waals surface area (Å²) >= 11 is 0. The lowest BCUT2D eigenvalue weighted by Crippen LogP contribution is -2.60. The van der Waals surface area contributed by atoms with E-state index in [1.54, 1.807) is 6.92 Å². The highest BCUT2D eigenvalue weighted by Crippen LogP contribution is 2.40. The molecule has 0 aliphatic heterocycles. The zero-order chi connectivity index (χ0) is 16.9. The zero-order valence-electron chi connectivity index (χ0n) is 14.2. The molecule has 0 amide bonds. The molecule has 0 spiro atoms. The SMILES string of the molecule is CCOC(=O)C(F)(C(O)C1CCCCC1)C(O)C1CCCCC1. The molecule has 0 radical (unpaired) electrons. The normalized spacial score (nSPS) is 26.3. The molecule has 0 heterocycles. The smallest absolute Gasteiger partial charge is 0.349 e. The molecule has 2 saturated carbocycles. The summed E-state index contributed by atoms with van der Waals surface area (Å²) in [6.07, 6.45) is 5.69. The Morgan fingerprint density at radius 2 is 1.39 bits per heavy atom. The van der Waals surface area contributed by atoms with Crippen molar-refractivity contribution in [3.63, 3.8) is 0 Å². The van der Waals surface area contributed by atoms with E-state index in [1.165, 1.54) is 0 Å². The number of alkyl halides is 1. The van der Waals surface area contributed by atoms with Gasteiger partial charge in [0, 0.05) is 0 Å². The Labute approximate surface area is 138 Å². The van der Waals surface area contributed by atoms with Crippen molar-refractivity contribution in [2.75, 3.05) is 6.61 Å². The minimum Gasteiger partial charge on any atom is -0.463 e. The number of carbonyl (C=O) groups excluding carboxylic acids is 1. The molecule has 0 aromatic rings. The molecule has 2 atom stereocenters. The van der Waals surface area contributed by atoms with E-state index in [0.717, 1.165) is 38.5 Å². The molecule has 5 heteroatoms. The van der Waals surface area contributed by atoms with E-state index in [9.17, 15) is 15.0 Å². The largest absolute Gasteiger partial charge is 0.463 e. The Balaban J connectivity index is 2.20. The van der Waals surface area contributed by atoms with Gasteiger partial charge < -0.3 is 14.9 Å². The molecule has 2 rings (SSSR count). The summed E-state index contributed by atoms with van der Waals surface area (Å²) in [7, 11) is 0. The van der Waals surface area contributed by atoms with Gasteiger partial charge in [0.15, 0.2) is 0 Å². The van der Waals surface area contributed by atoms with Gasteiger partial charge >= 0.3 is 5.97 Å². The average Bonchev–Trinajstić information content (AvgIpc) is 2.61. The van der Waals surface area contributed by atoms with Crippen LogP contribution in [0.25, 0.3) is 0 Å². The lowest BCUT2D eigenvalue weighted by Gasteiger charge is -2.41. The van der Waals surface area contributed by atoms with Gasteiger partial charge in [-0.05, 0) is 44.4 Å². The topological polar surface area (TPSA) is 66.8 Å². The number of esters is 1. The zero-order valence-corrected chi connectivity index (χ0v) is 14.2. The molecule has 0 aromatic carbocycles. The summed E-state index contributed by atoms with van der Waals surface area (Å²) in [6, 6.07) is 0. The number of hydrogen-bond acceptors (Lipinski definition) is 4. The van der Waals surface area contributed by atoms with Crippen LogP contribution in [-0.4, -0.2) is 40.7 Å². The van der Waals surface area contributed by atoms with Crippen LogP contribution in [0, 0.1) is 11.8 Å². The van der Waals surface area contributed by atoms with Gasteiger partial charge in [0.05, 0.1) is 6.61 Å². The van der Waals surface area contributed by atoms with Crippen LogP contribution in [0.15, 0.2) is 0 Å². The van der Waals surface area contributed by atoms with E-state index in [-0.39, 0.29) is 18.4 Å². The maximum absolute atomic E-state index is 15.8. The third kappa shape index (κ3) is 4.05. The molecule has 0 aromatic heterocycles. The molecule has 4 nitrogen and oxygen atoms in total. The highest BCUT2D eigenvalue weighted by Gasteiger charge is 2.57. The van der Waals surface area contributed by atoms with Crippen molar-refractivity contribution < 1.29 is 24.1 Å². The number of hydrogen-bond donors (Lipinski definition) is 2. The molecular weight excluding hydrogens is 299 g/mol. The van der Waals surface area contributed by atoms with E-state index >= 15 is 4.39 Å². The summed E-state index contributed by atoms with van der Waals surface area (Å²) in [4.78, 5) is 12.3. The highest BCUT2D eigenvalue weighted by atomic mass is 19.1. The second-order valence-electron chi connectivity index (χ2n) is 7.17. The van der Waals surface area contributed by atoms with Crippen molar-refractivity contribution in [1.82, 2.24) is 0 Å². The Kier molecular flexibility index (Phi) is 6.84. The van der Waals surface area contributed by atoms with Crippen LogP contribution in [0.5, 0.6) is 0 Å². The second kappa shape index (κ2) is 8.43. The van der Waals surface area contributed by atoms with Crippen molar-refractivity contribution in [3.05, 3.63) is 0 Å². The van der Waals surface area contributed by atoms with Crippen LogP contribution in [0.4, 0.5) is 4.39 Å². The van der Waals surface area contributed by atoms with Gasteiger partial charge in [-0.2, -0.15) is 0 Å². The number of aliphatic hydroxyl groups is 2. The van der Waals surface area contributed by atoms with Crippen molar-refractivity contribution in [2.24, 2.45) is 11.8 Å². The summed E-state index contributed by atoms with van der Waals surface area (Å²) in [5.74, 6) is -1.66. The van der Waals surface area contributed by atoms with Gasteiger partial charge in [-0.15, -0.1) is 0 Å². The van der Waals surface area contributed by atoms with Gasteiger partial charge in [-0.25, -0.2) is 9.18 Å². The molecule has 2 fully saturated rings. The van der Waals surface area contributed by atoms with Crippen molar-refractivity contribution in [1.29, 1.82) is 0 Å². The maximum atomic E-state index is 15.8. The molecule has 134 valence electrons. The number of ether oxygens (including phenoxy) is 1. The Morgan fingerprint density at radius 3 is 1.74 bits per heavy atom. The number of rotatable bonds is 6. The molecular formula is C18H31FO4. The Hall–Kier alpha value is -0.680. The minimum absolute atomic E-state index is 0.0409. The first-order valence-electron chi connectivity index (χ1n) is 9.24. The summed E-state index contributed by atoms with van der Waals surface area (Å²) in [5, 5.41) is 21.3. The van der Waals surface area contributed by atoms with Crippen molar-refractivity contribution >= 4 is 5.97 Å². The molecule has 0 bridgehead atoms. The van der Waals surface area contributed by atoms with Crippen LogP contribution in [0.1, 0.15) is 71.1 Å². The first-order chi connectivity index (χ1) is 11.0. The fraction of sp³-hybridized carbons (Fsp3) is 0.944. The molecule has 2 N–H and O–H groups in total. The van der Waals surface area contributed by atoms with Crippen LogP contribution >= 0.6 is 0 Å². The number of carbonyl (C=O) groups is 1. The lowest BCUT2D eigenvalue weighted by molar-refractivity contribution is -0.191. The average molecular weight is 330 g/mol. The van der Waals surface area contributed by atoms with E-state index in [4.69, 9.17) is 4.74 Å². The fourth-order valence-electron chi connectivity index (χ4n) is 4.24. The summed E-state index contributed by atoms with van der Waals surface area (Å²) < 4.78 is 20.7. The van der Waals surface area contributed by atoms with Gasteiger partial charge in [-0.1, -0.05) is 38.5 Å². The quantitative estimate of drug-likeness (QED) is 0.734. The fourth-order valence-corrected chi connectivity index (χ4v) is 4.24. The highest BCUT2D eigenvalue weighted by molar-refractivity contribution is 5.81. The van der Waals surface area contributed by atoms with E-state index < -0.39 is 23.8 Å². The minimum atomic E-state index is -2.71. The van der Waals surface area contributed by atoms with Crippen LogP contribution in [0.3, 0.4) is 0 Å². The maximum Gasteiger partial charge on any atom is 0.349 e. The monoisotopic (exact) mass is 330 g/mol. The first kappa shape index (κ1) is 18.7. The Morgan fingerprint density at radius 1 is 1.00 bits per heavy atom. The second-order valence-corrected chi connectivity index (χ2v) is 7.17. The summed E-state index contributed by atoms with van der Waals surface area (Å²) in [6.45, 7) is 1.65. The summed E-state index contributed by atoms with van der Waals surface area (Å²) in [5.41, 5.74) is -2.71. The van der Waals surface area contributed by atoms with Crippen LogP contribution in [-0.2, 0) is 9.53 Å². The van der Waals surface area contributed by atoms with Gasteiger partial charge in [0.25, 0.3) is 5.67 Å². The van der Waals surface area contributed by atoms with Crippen molar-refractivity contribution in [3.8, 4) is 0 Å². The molecule has 23 heavy (non-hydrogen) atoms. The van der Waals surface area contributed by atoms with Gasteiger partial charge in [-0.3, -0.25) is 0 Å². The van der Waals surface area contributed by atoms with Crippen molar-refractivity contribution in [2.45, 2.75) is 89.0 Å². The third-order valence-corrected chi connectivity index (χ3v) is 5.64. The molecule has 2 unspecified atom stereocenters. The Bertz CT molecular complexity index is 351. The number of aliphatic hydroxyl groups excluding tert-OH is 2. The van der Waals surface area contributed by atoms with E-state index in [2.05, 4.69) is 0 Å². The first-order valence-corrected chi connectivity index (χ1v) is 9.24. The predicted molar refractivity (Wildman–Crippen MR) is 85.6 cm³/mol. The standard InChI is InChI=1S/C18H31FO4/c1-2-23-17(22)18(19,15(20)13-9-5-3-6-10-13)16(21)14-11-7-4-8-12-14/h13-16,20-21H,2-12H2,1H3.